The van der Waals surface area contributed by atoms with Crippen molar-refractivity contribution in [1.29, 1.82) is 0 Å². The van der Waals surface area contributed by atoms with Crippen LogP contribution in [0.3, 0.4) is 0 Å². The predicted molar refractivity (Wildman–Crippen MR) is 172 cm³/mol. The lowest BCUT2D eigenvalue weighted by molar-refractivity contribution is 0.0955. The Morgan fingerprint density at radius 2 is 1.71 bits per heavy atom. The molecule has 0 saturated heterocycles. The summed E-state index contributed by atoms with van der Waals surface area (Å²) in [6.45, 7) is 2.29. The van der Waals surface area contributed by atoms with Gasteiger partial charge in [0.05, 0.1) is 19.0 Å². The van der Waals surface area contributed by atoms with Gasteiger partial charge in [-0.15, -0.1) is 0 Å². The second-order valence-corrected chi connectivity index (χ2v) is 11.1. The smallest absolute Gasteiger partial charge is 0.271 e. The number of benzene rings is 4. The van der Waals surface area contributed by atoms with E-state index in [4.69, 9.17) is 32.7 Å². The number of carbonyl (C=O) groups excluding carboxylic acids is 1. The van der Waals surface area contributed by atoms with Gasteiger partial charge in [0.25, 0.3) is 5.91 Å². The molecule has 5 rings (SSSR count). The zero-order chi connectivity index (χ0) is 29.6. The number of amides is 1. The molecule has 1 N–H and O–H groups in total. The molecule has 0 saturated carbocycles. The van der Waals surface area contributed by atoms with Gasteiger partial charge in [-0.3, -0.25) is 4.79 Å². The molecule has 42 heavy (non-hydrogen) atoms. The third-order valence-electron chi connectivity index (χ3n) is 6.58. The molecule has 1 aromatic heterocycles. The largest absolute Gasteiger partial charge is 0.493 e. The minimum Gasteiger partial charge on any atom is -0.493 e. The maximum atomic E-state index is 12.8. The zero-order valence-corrected chi connectivity index (χ0v) is 25.9. The number of carbonyl (C=O) groups is 1. The lowest BCUT2D eigenvalue weighted by atomic mass is 10.1. The van der Waals surface area contributed by atoms with Crippen LogP contribution in [-0.2, 0) is 6.61 Å². The molecule has 5 aromatic rings. The summed E-state index contributed by atoms with van der Waals surface area (Å²) >= 11 is 15.8. The Kier molecular flexibility index (Phi) is 9.32. The number of ether oxygens (including phenoxy) is 2. The number of hydrogen-bond donors (Lipinski definition) is 1. The third-order valence-corrected chi connectivity index (χ3v) is 7.86. The molecule has 0 unspecified atom stereocenters. The van der Waals surface area contributed by atoms with Gasteiger partial charge in [-0.1, -0.05) is 59.6 Å². The van der Waals surface area contributed by atoms with Crippen molar-refractivity contribution in [2.75, 3.05) is 7.11 Å². The van der Waals surface area contributed by atoms with Crippen LogP contribution in [0.2, 0.25) is 10.0 Å². The van der Waals surface area contributed by atoms with Crippen molar-refractivity contribution in [2.45, 2.75) is 13.5 Å². The fraction of sp³-hybridized carbons (Fsp3) is 0.0909. The van der Waals surface area contributed by atoms with Crippen molar-refractivity contribution in [2.24, 2.45) is 5.10 Å². The topological polar surface area (TPSA) is 64.8 Å². The molecule has 212 valence electrons. The first-order chi connectivity index (χ1) is 20.3. The van der Waals surface area contributed by atoms with Crippen LogP contribution >= 0.6 is 39.1 Å². The summed E-state index contributed by atoms with van der Waals surface area (Å²) in [6.07, 6.45) is 1.54. The van der Waals surface area contributed by atoms with E-state index in [1.54, 1.807) is 43.5 Å². The summed E-state index contributed by atoms with van der Waals surface area (Å²) in [7, 11) is 1.55. The highest BCUT2D eigenvalue weighted by atomic mass is 79.9. The van der Waals surface area contributed by atoms with Crippen molar-refractivity contribution >= 4 is 51.3 Å². The monoisotopic (exact) mass is 661 g/mol. The highest BCUT2D eigenvalue weighted by Gasteiger charge is 2.13. The normalized spacial score (nSPS) is 11.1. The second kappa shape index (κ2) is 13.3. The van der Waals surface area contributed by atoms with Gasteiger partial charge in [-0.05, 0) is 89.1 Å². The Labute approximate surface area is 262 Å². The van der Waals surface area contributed by atoms with Gasteiger partial charge >= 0.3 is 0 Å². The Balaban J connectivity index is 1.25. The Bertz CT molecular complexity index is 1750. The summed E-state index contributed by atoms with van der Waals surface area (Å²) in [5.41, 5.74) is 8.83. The molecule has 0 aliphatic heterocycles. The molecular formula is C33H26BrCl2N3O3. The van der Waals surface area contributed by atoms with Crippen LogP contribution in [0, 0.1) is 6.92 Å². The van der Waals surface area contributed by atoms with E-state index < -0.39 is 0 Å². The standard InChI is InChI=1S/C33H26BrCl2N3O3/c1-21-8-15-30(22-6-4-3-5-7-22)39(21)27-13-10-23(11-14-27)33(40)38-37-19-25-16-31(41-2)32(18-28(25)34)42-20-24-9-12-26(35)17-29(24)36/h3-19H,20H2,1-2H3,(H,38,40)/b37-19+. The van der Waals surface area contributed by atoms with Crippen LogP contribution in [0.25, 0.3) is 16.9 Å². The molecule has 0 spiro atoms. The molecule has 4 aromatic carbocycles. The van der Waals surface area contributed by atoms with Crippen LogP contribution in [-0.4, -0.2) is 23.8 Å². The Morgan fingerprint density at radius 1 is 0.952 bits per heavy atom. The molecule has 1 amide bonds. The summed E-state index contributed by atoms with van der Waals surface area (Å²) in [5.74, 6) is 0.694. The number of halogens is 3. The van der Waals surface area contributed by atoms with Crippen LogP contribution < -0.4 is 14.9 Å². The van der Waals surface area contributed by atoms with Crippen molar-refractivity contribution < 1.29 is 14.3 Å². The first-order valence-electron chi connectivity index (χ1n) is 13.0. The molecular weight excluding hydrogens is 637 g/mol. The van der Waals surface area contributed by atoms with Crippen molar-refractivity contribution in [3.8, 4) is 28.4 Å². The van der Waals surface area contributed by atoms with Gasteiger partial charge in [-0.25, -0.2) is 5.43 Å². The molecule has 0 aliphatic rings. The van der Waals surface area contributed by atoms with Crippen LogP contribution in [0.5, 0.6) is 11.5 Å². The minimum absolute atomic E-state index is 0.235. The van der Waals surface area contributed by atoms with E-state index in [0.717, 1.165) is 28.2 Å². The first-order valence-corrected chi connectivity index (χ1v) is 14.5. The highest BCUT2D eigenvalue weighted by molar-refractivity contribution is 9.10. The summed E-state index contributed by atoms with van der Waals surface area (Å²) < 4.78 is 14.3. The maximum absolute atomic E-state index is 12.8. The maximum Gasteiger partial charge on any atom is 0.271 e. The Morgan fingerprint density at radius 3 is 2.43 bits per heavy atom. The zero-order valence-electron chi connectivity index (χ0n) is 22.8. The number of hydrogen-bond acceptors (Lipinski definition) is 4. The van der Waals surface area contributed by atoms with Crippen LogP contribution in [0.15, 0.2) is 107 Å². The fourth-order valence-corrected chi connectivity index (χ4v) is 5.31. The number of aromatic nitrogens is 1. The molecule has 9 heteroatoms. The molecule has 6 nitrogen and oxygen atoms in total. The summed E-state index contributed by atoms with van der Waals surface area (Å²) in [4.78, 5) is 12.8. The molecule has 0 fully saturated rings. The number of methoxy groups -OCH3 is 1. The van der Waals surface area contributed by atoms with Crippen LogP contribution in [0.4, 0.5) is 0 Å². The van der Waals surface area contributed by atoms with E-state index in [2.05, 4.69) is 62.2 Å². The lowest BCUT2D eigenvalue weighted by Crippen LogP contribution is -2.17. The number of nitrogens with zero attached hydrogens (tertiary/aromatic N) is 2. The molecule has 1 heterocycles. The fourth-order valence-electron chi connectivity index (χ4n) is 4.42. The first kappa shape index (κ1) is 29.5. The van der Waals surface area contributed by atoms with Crippen molar-refractivity contribution in [3.63, 3.8) is 0 Å². The van der Waals surface area contributed by atoms with Gasteiger partial charge in [0.15, 0.2) is 11.5 Å². The van der Waals surface area contributed by atoms with E-state index in [-0.39, 0.29) is 12.5 Å². The highest BCUT2D eigenvalue weighted by Crippen LogP contribution is 2.34. The van der Waals surface area contributed by atoms with Crippen molar-refractivity contribution in [1.82, 2.24) is 9.99 Å². The van der Waals surface area contributed by atoms with Gasteiger partial charge in [0, 0.05) is 42.6 Å². The van der Waals surface area contributed by atoms with Gasteiger partial charge < -0.3 is 14.0 Å². The molecule has 0 radical (unpaired) electrons. The van der Waals surface area contributed by atoms with Crippen molar-refractivity contribution in [3.05, 3.63) is 134 Å². The molecule has 0 atom stereocenters. The second-order valence-electron chi connectivity index (χ2n) is 9.36. The lowest BCUT2D eigenvalue weighted by Gasteiger charge is -2.13. The number of rotatable bonds is 9. The van der Waals surface area contributed by atoms with Gasteiger partial charge in [0.1, 0.15) is 6.61 Å². The quantitative estimate of drug-likeness (QED) is 0.127. The van der Waals surface area contributed by atoms with Gasteiger partial charge in [-0.2, -0.15) is 5.10 Å². The number of aryl methyl sites for hydroxylation is 1. The summed E-state index contributed by atoms with van der Waals surface area (Å²) in [5, 5.41) is 5.23. The average Bonchev–Trinajstić information content (AvgIpc) is 3.39. The number of hydrazone groups is 1. The third kappa shape index (κ3) is 6.71. The summed E-state index contributed by atoms with van der Waals surface area (Å²) in [6, 6.07) is 30.6. The minimum atomic E-state index is -0.326. The van der Waals surface area contributed by atoms with Gasteiger partial charge in [0.2, 0.25) is 0 Å². The van der Waals surface area contributed by atoms with E-state index in [1.165, 1.54) is 6.21 Å². The van der Waals surface area contributed by atoms with E-state index in [9.17, 15) is 4.79 Å². The molecule has 0 aliphatic carbocycles. The molecule has 0 bridgehead atoms. The van der Waals surface area contributed by atoms with E-state index in [1.807, 2.05) is 36.4 Å². The predicted octanol–water partition coefficient (Wildman–Crippen LogP) is 8.87. The average molecular weight is 663 g/mol. The van der Waals surface area contributed by atoms with E-state index >= 15 is 0 Å². The Hall–Kier alpha value is -4.04. The van der Waals surface area contributed by atoms with E-state index in [0.29, 0.717) is 37.1 Å². The SMILES string of the molecule is COc1cc(/C=N/NC(=O)c2ccc(-n3c(C)ccc3-c3ccccc3)cc2)c(Br)cc1OCc1ccc(Cl)cc1Cl. The van der Waals surface area contributed by atoms with Crippen LogP contribution in [0.1, 0.15) is 27.2 Å². The number of nitrogens with one attached hydrogen (secondary N) is 1.